The first kappa shape index (κ1) is 29.5. The summed E-state index contributed by atoms with van der Waals surface area (Å²) in [6, 6.07) is 24.8. The SMILES string of the molecule is CCCCNC(=O)N1[C@H](C(=O)c2ccccc2)[C@@H](c2ccccc2)[C@@]1(C(=O)NCCCC)C(=O)Nc1ccccc1. The Kier molecular flexibility index (Phi) is 9.90. The molecular formula is C33H38N4O4. The van der Waals surface area contributed by atoms with E-state index in [1.807, 2.05) is 26.0 Å². The number of unbranched alkanes of at least 4 members (excludes halogenated alkanes) is 2. The lowest BCUT2D eigenvalue weighted by Gasteiger charge is -2.60. The number of Topliss-reactive ketones (excluding diaryl/α,β-unsaturated/α-hetero) is 1. The third kappa shape index (κ3) is 6.01. The molecule has 214 valence electrons. The van der Waals surface area contributed by atoms with Crippen LogP contribution in [0, 0.1) is 0 Å². The number of nitrogens with one attached hydrogen (secondary N) is 3. The fourth-order valence-corrected chi connectivity index (χ4v) is 5.40. The summed E-state index contributed by atoms with van der Waals surface area (Å²) in [6.07, 6.45) is 3.09. The number of benzene rings is 3. The maximum absolute atomic E-state index is 14.4. The zero-order chi connectivity index (χ0) is 29.2. The van der Waals surface area contributed by atoms with Gasteiger partial charge in [-0.25, -0.2) is 4.79 Å². The predicted molar refractivity (Wildman–Crippen MR) is 160 cm³/mol. The molecule has 3 N–H and O–H groups in total. The molecule has 3 aromatic rings. The zero-order valence-electron chi connectivity index (χ0n) is 23.6. The van der Waals surface area contributed by atoms with Gasteiger partial charge in [0.05, 0.1) is 5.92 Å². The lowest BCUT2D eigenvalue weighted by molar-refractivity contribution is -0.156. The van der Waals surface area contributed by atoms with Crippen molar-refractivity contribution in [2.24, 2.45) is 0 Å². The fraction of sp³-hybridized carbons (Fsp3) is 0.333. The lowest BCUT2D eigenvalue weighted by Crippen LogP contribution is -2.84. The summed E-state index contributed by atoms with van der Waals surface area (Å²) in [4.78, 5) is 57.9. The molecule has 1 fully saturated rings. The fourth-order valence-electron chi connectivity index (χ4n) is 5.40. The maximum Gasteiger partial charge on any atom is 0.319 e. The van der Waals surface area contributed by atoms with Gasteiger partial charge in [0.15, 0.2) is 5.78 Å². The number of urea groups is 1. The Bertz CT molecular complexity index is 1330. The van der Waals surface area contributed by atoms with E-state index in [-0.39, 0.29) is 5.78 Å². The minimum Gasteiger partial charge on any atom is -0.354 e. The van der Waals surface area contributed by atoms with Gasteiger partial charge in [0.1, 0.15) is 6.04 Å². The van der Waals surface area contributed by atoms with Crippen LogP contribution in [-0.4, -0.2) is 53.2 Å². The molecule has 0 radical (unpaired) electrons. The highest BCUT2D eigenvalue weighted by Crippen LogP contribution is 2.51. The molecule has 1 aliphatic heterocycles. The number of amides is 4. The molecule has 0 unspecified atom stereocenters. The van der Waals surface area contributed by atoms with Crippen LogP contribution < -0.4 is 16.0 Å². The summed E-state index contributed by atoms with van der Waals surface area (Å²) >= 11 is 0. The van der Waals surface area contributed by atoms with Crippen LogP contribution in [0.25, 0.3) is 0 Å². The van der Waals surface area contributed by atoms with Crippen LogP contribution in [0.3, 0.4) is 0 Å². The van der Waals surface area contributed by atoms with E-state index in [0.29, 0.717) is 42.7 Å². The van der Waals surface area contributed by atoms with Crippen LogP contribution in [0.15, 0.2) is 91.0 Å². The number of para-hydroxylation sites is 1. The van der Waals surface area contributed by atoms with Gasteiger partial charge in [0.25, 0.3) is 11.8 Å². The van der Waals surface area contributed by atoms with Gasteiger partial charge >= 0.3 is 6.03 Å². The molecule has 4 amide bonds. The lowest BCUT2D eigenvalue weighted by atomic mass is 9.61. The Morgan fingerprint density at radius 2 is 1.24 bits per heavy atom. The summed E-state index contributed by atoms with van der Waals surface area (Å²) < 4.78 is 0. The number of likely N-dealkylation sites (tertiary alicyclic amines) is 1. The van der Waals surface area contributed by atoms with E-state index < -0.39 is 35.3 Å². The summed E-state index contributed by atoms with van der Waals surface area (Å²) in [6.45, 7) is 4.69. The maximum atomic E-state index is 14.4. The van der Waals surface area contributed by atoms with Crippen molar-refractivity contribution in [3.05, 3.63) is 102 Å². The van der Waals surface area contributed by atoms with E-state index >= 15 is 0 Å². The standard InChI is InChI=1S/C33H38N4O4/c1-3-5-22-34-30(39)33(31(40)36-26-20-14-9-15-21-26)27(24-16-10-7-11-17-24)28(29(38)25-18-12-8-13-19-25)37(33)32(41)35-23-6-4-2/h7-21,27-28H,3-6,22-23H2,1-2H3,(H,34,39)(H,35,41)(H,36,40)/t27-,28+,33-/m1/s1. The second kappa shape index (κ2) is 13.7. The van der Waals surface area contributed by atoms with Gasteiger partial charge in [-0.15, -0.1) is 0 Å². The number of ketones is 1. The molecule has 0 aliphatic carbocycles. The summed E-state index contributed by atoms with van der Waals surface area (Å²) in [7, 11) is 0. The van der Waals surface area contributed by atoms with Crippen LogP contribution in [0.2, 0.25) is 0 Å². The van der Waals surface area contributed by atoms with Crippen molar-refractivity contribution < 1.29 is 19.2 Å². The highest BCUT2D eigenvalue weighted by molar-refractivity contribution is 6.22. The molecule has 3 atom stereocenters. The molecule has 41 heavy (non-hydrogen) atoms. The highest BCUT2D eigenvalue weighted by atomic mass is 16.2. The second-order valence-electron chi connectivity index (χ2n) is 10.2. The number of hydrogen-bond acceptors (Lipinski definition) is 4. The van der Waals surface area contributed by atoms with Crippen molar-refractivity contribution in [3.8, 4) is 0 Å². The van der Waals surface area contributed by atoms with Crippen molar-refractivity contribution in [1.29, 1.82) is 0 Å². The van der Waals surface area contributed by atoms with Crippen molar-refractivity contribution in [2.75, 3.05) is 18.4 Å². The molecule has 0 spiro atoms. The summed E-state index contributed by atoms with van der Waals surface area (Å²) in [5.74, 6) is -2.56. The van der Waals surface area contributed by atoms with Crippen LogP contribution in [-0.2, 0) is 9.59 Å². The highest BCUT2D eigenvalue weighted by Gasteiger charge is 2.73. The van der Waals surface area contributed by atoms with E-state index in [4.69, 9.17) is 0 Å². The molecule has 3 aromatic carbocycles. The average Bonchev–Trinajstić information content (AvgIpc) is 2.98. The Balaban J connectivity index is 1.90. The third-order valence-corrected chi connectivity index (χ3v) is 7.47. The molecule has 0 saturated carbocycles. The van der Waals surface area contributed by atoms with E-state index in [1.54, 1.807) is 78.9 Å². The van der Waals surface area contributed by atoms with Crippen molar-refractivity contribution >= 4 is 29.3 Å². The van der Waals surface area contributed by atoms with E-state index in [0.717, 1.165) is 12.8 Å². The monoisotopic (exact) mass is 554 g/mol. The quantitative estimate of drug-likeness (QED) is 0.164. The third-order valence-electron chi connectivity index (χ3n) is 7.47. The number of rotatable bonds is 12. The van der Waals surface area contributed by atoms with Crippen molar-refractivity contribution in [2.45, 2.75) is 57.0 Å². The first-order valence-corrected chi connectivity index (χ1v) is 14.3. The largest absolute Gasteiger partial charge is 0.354 e. The van der Waals surface area contributed by atoms with Gasteiger partial charge in [-0.1, -0.05) is 106 Å². The zero-order valence-corrected chi connectivity index (χ0v) is 23.6. The normalized spacial score (nSPS) is 19.5. The van der Waals surface area contributed by atoms with Crippen molar-refractivity contribution in [3.63, 3.8) is 0 Å². The van der Waals surface area contributed by atoms with Crippen LogP contribution in [0.1, 0.15) is 61.4 Å². The van der Waals surface area contributed by atoms with Gasteiger partial charge in [-0.05, 0) is 30.5 Å². The van der Waals surface area contributed by atoms with Crippen molar-refractivity contribution in [1.82, 2.24) is 15.5 Å². The van der Waals surface area contributed by atoms with E-state index in [1.165, 1.54) is 4.90 Å². The molecule has 0 aromatic heterocycles. The Morgan fingerprint density at radius 1 is 0.707 bits per heavy atom. The minimum atomic E-state index is -2.02. The molecule has 1 saturated heterocycles. The summed E-state index contributed by atoms with van der Waals surface area (Å²) in [5.41, 5.74) is -0.521. The minimum absolute atomic E-state index is 0.333. The van der Waals surface area contributed by atoms with E-state index in [9.17, 15) is 19.2 Å². The number of hydrogen-bond donors (Lipinski definition) is 3. The van der Waals surface area contributed by atoms with Crippen LogP contribution >= 0.6 is 0 Å². The number of carbonyl (C=O) groups is 4. The number of anilines is 1. The Morgan fingerprint density at radius 3 is 1.83 bits per heavy atom. The Hall–Kier alpha value is -4.46. The van der Waals surface area contributed by atoms with Gasteiger partial charge in [-0.2, -0.15) is 0 Å². The van der Waals surface area contributed by atoms with Crippen LogP contribution in [0.4, 0.5) is 10.5 Å². The topological polar surface area (TPSA) is 108 Å². The molecule has 8 nitrogen and oxygen atoms in total. The Labute approximate surface area is 241 Å². The van der Waals surface area contributed by atoms with E-state index in [2.05, 4.69) is 16.0 Å². The first-order valence-electron chi connectivity index (χ1n) is 14.3. The molecular weight excluding hydrogens is 516 g/mol. The molecule has 1 aliphatic rings. The predicted octanol–water partition coefficient (Wildman–Crippen LogP) is 5.14. The smallest absolute Gasteiger partial charge is 0.319 e. The van der Waals surface area contributed by atoms with Gasteiger partial charge in [-0.3, -0.25) is 19.3 Å². The molecule has 1 heterocycles. The second-order valence-corrected chi connectivity index (χ2v) is 10.2. The molecule has 0 bridgehead atoms. The van der Waals surface area contributed by atoms with Gasteiger partial charge in [0, 0.05) is 24.3 Å². The van der Waals surface area contributed by atoms with Crippen LogP contribution in [0.5, 0.6) is 0 Å². The number of carbonyl (C=O) groups excluding carboxylic acids is 4. The average molecular weight is 555 g/mol. The molecule has 4 rings (SSSR count). The van der Waals surface area contributed by atoms with Gasteiger partial charge in [0.2, 0.25) is 5.54 Å². The summed E-state index contributed by atoms with van der Waals surface area (Å²) in [5, 5.41) is 8.65. The number of nitrogens with zero attached hydrogens (tertiary/aromatic N) is 1. The molecule has 8 heteroatoms. The first-order chi connectivity index (χ1) is 20.0. The van der Waals surface area contributed by atoms with Gasteiger partial charge < -0.3 is 16.0 Å².